The van der Waals surface area contributed by atoms with Gasteiger partial charge < -0.3 is 4.43 Å². The lowest BCUT2D eigenvalue weighted by Gasteiger charge is -2.50. The number of benzene rings is 1. The van der Waals surface area contributed by atoms with Gasteiger partial charge in [-0.2, -0.15) is 0 Å². The Morgan fingerprint density at radius 2 is 1.43 bits per heavy atom. The van der Waals surface area contributed by atoms with E-state index in [1.165, 1.54) is 0 Å². The highest BCUT2D eigenvalue weighted by molar-refractivity contribution is 6.92. The molecule has 0 aliphatic heterocycles. The van der Waals surface area contributed by atoms with Gasteiger partial charge in [0.2, 0.25) is 0 Å². The van der Waals surface area contributed by atoms with Gasteiger partial charge in [0.15, 0.2) is 0 Å². The minimum absolute atomic E-state index is 0.127. The van der Waals surface area contributed by atoms with Crippen LogP contribution in [0.4, 0.5) is 0 Å². The first kappa shape index (κ1) is 17.7. The Labute approximate surface area is 130 Å². The van der Waals surface area contributed by atoms with E-state index in [4.69, 9.17) is 4.43 Å². The van der Waals surface area contributed by atoms with E-state index in [1.54, 1.807) is 6.92 Å². The normalized spacial score (nSPS) is 12.9. The molecule has 0 heterocycles. The van der Waals surface area contributed by atoms with E-state index >= 15 is 0 Å². The third kappa shape index (κ3) is 3.29. The summed E-state index contributed by atoms with van der Waals surface area (Å²) in [6.45, 7) is 18.5. The monoisotopic (exact) mass is 304 g/mol. The Morgan fingerprint density at radius 1 is 1.00 bits per heavy atom. The molecule has 1 aromatic rings. The van der Waals surface area contributed by atoms with E-state index in [9.17, 15) is 4.79 Å². The highest BCUT2D eigenvalue weighted by atomic mass is 28.4. The van der Waals surface area contributed by atoms with Crippen molar-refractivity contribution in [2.75, 3.05) is 0 Å². The lowest BCUT2D eigenvalue weighted by molar-refractivity contribution is -0.131. The number of rotatable bonds is 3. The summed E-state index contributed by atoms with van der Waals surface area (Å²) < 4.78 is 6.21. The molecular weight excluding hydrogens is 276 g/mol. The predicted molar refractivity (Wildman–Crippen MR) is 92.2 cm³/mol. The van der Waals surface area contributed by atoms with Gasteiger partial charge in [0.05, 0.1) is 0 Å². The third-order valence-electron chi connectivity index (χ3n) is 3.89. The summed E-state index contributed by atoms with van der Waals surface area (Å²) in [6.07, 6.45) is 0. The first-order chi connectivity index (χ1) is 9.43. The molecule has 1 rings (SSSR count). The minimum Gasteiger partial charge on any atom is -0.510 e. The van der Waals surface area contributed by atoms with E-state index in [1.807, 2.05) is 18.2 Å². The predicted octanol–water partition coefficient (Wildman–Crippen LogP) is 4.56. The van der Waals surface area contributed by atoms with E-state index in [2.05, 4.69) is 60.3 Å². The van der Waals surface area contributed by atoms with E-state index in [-0.39, 0.29) is 16.0 Å². The van der Waals surface area contributed by atoms with Gasteiger partial charge in [0, 0.05) is 5.57 Å². The summed E-state index contributed by atoms with van der Waals surface area (Å²) in [4.78, 5) is 12.3. The molecule has 0 N–H and O–H groups in total. The second-order valence-corrected chi connectivity index (χ2v) is 12.9. The standard InChI is InChI=1S/C18H28O2Si/c1-14(2)16(19)20-21(17(3,4)5,18(6,7)8)15-12-10-9-11-13-15/h9-13H,1H2,2-8H3. The molecular formula is C18H28O2Si. The van der Waals surface area contributed by atoms with Crippen molar-refractivity contribution in [2.45, 2.75) is 58.5 Å². The summed E-state index contributed by atoms with van der Waals surface area (Å²) in [5.41, 5.74) is 0.455. The van der Waals surface area contributed by atoms with Crippen LogP contribution in [0.3, 0.4) is 0 Å². The number of hydrogen-bond acceptors (Lipinski definition) is 2. The third-order valence-corrected chi connectivity index (χ3v) is 9.75. The van der Waals surface area contributed by atoms with Crippen molar-refractivity contribution in [3.05, 3.63) is 42.5 Å². The van der Waals surface area contributed by atoms with Gasteiger partial charge in [0.25, 0.3) is 8.32 Å². The molecule has 0 radical (unpaired) electrons. The summed E-state index contributed by atoms with van der Waals surface area (Å²) in [5, 5.41) is 0.898. The van der Waals surface area contributed by atoms with Crippen LogP contribution < -0.4 is 5.19 Å². The number of hydrogen-bond donors (Lipinski definition) is 0. The molecule has 0 spiro atoms. The Hall–Kier alpha value is -1.35. The molecule has 0 aromatic heterocycles. The molecule has 0 saturated carbocycles. The largest absolute Gasteiger partial charge is 0.510 e. The van der Waals surface area contributed by atoms with Crippen LogP contribution in [0.15, 0.2) is 42.5 Å². The van der Waals surface area contributed by atoms with Crippen LogP contribution in [0.1, 0.15) is 48.5 Å². The Bertz CT molecular complexity index is 504. The molecule has 3 heteroatoms. The van der Waals surface area contributed by atoms with Crippen LogP contribution in [0.5, 0.6) is 0 Å². The molecule has 1 aromatic carbocycles. The van der Waals surface area contributed by atoms with Crippen LogP contribution in [-0.4, -0.2) is 14.3 Å². The zero-order valence-corrected chi connectivity index (χ0v) is 15.4. The van der Waals surface area contributed by atoms with Crippen LogP contribution in [0.2, 0.25) is 10.1 Å². The summed E-state index contributed by atoms with van der Waals surface area (Å²) >= 11 is 0. The molecule has 0 bridgehead atoms. The van der Waals surface area contributed by atoms with Gasteiger partial charge >= 0.3 is 5.97 Å². The van der Waals surface area contributed by atoms with Crippen molar-refractivity contribution in [3.8, 4) is 0 Å². The molecule has 0 unspecified atom stereocenters. The Morgan fingerprint density at radius 3 is 1.76 bits per heavy atom. The minimum atomic E-state index is -2.61. The molecule has 0 fully saturated rings. The lowest BCUT2D eigenvalue weighted by Crippen LogP contribution is -2.64. The summed E-state index contributed by atoms with van der Waals surface area (Å²) in [5.74, 6) is -0.282. The van der Waals surface area contributed by atoms with Crippen molar-refractivity contribution >= 4 is 19.5 Å². The molecule has 0 atom stereocenters. The quantitative estimate of drug-likeness (QED) is 0.604. The van der Waals surface area contributed by atoms with Gasteiger partial charge in [0.1, 0.15) is 0 Å². The zero-order chi connectivity index (χ0) is 16.5. The molecule has 0 amide bonds. The second-order valence-electron chi connectivity index (χ2n) is 7.72. The van der Waals surface area contributed by atoms with E-state index in [0.717, 1.165) is 5.19 Å². The molecule has 2 nitrogen and oxygen atoms in total. The maximum Gasteiger partial charge on any atom is 0.320 e. The summed E-state index contributed by atoms with van der Waals surface area (Å²) in [6, 6.07) is 10.2. The fourth-order valence-corrected chi connectivity index (χ4v) is 9.08. The van der Waals surface area contributed by atoms with E-state index in [0.29, 0.717) is 5.57 Å². The zero-order valence-electron chi connectivity index (χ0n) is 14.4. The van der Waals surface area contributed by atoms with Crippen molar-refractivity contribution in [1.29, 1.82) is 0 Å². The highest BCUT2D eigenvalue weighted by Gasteiger charge is 2.59. The first-order valence-corrected chi connectivity index (χ1v) is 9.28. The van der Waals surface area contributed by atoms with Gasteiger partial charge in [-0.05, 0) is 22.2 Å². The fraction of sp³-hybridized carbons (Fsp3) is 0.500. The molecule has 0 saturated heterocycles. The maximum absolute atomic E-state index is 12.3. The Kier molecular flexibility index (Phi) is 4.89. The molecule has 0 aliphatic carbocycles. The SMILES string of the molecule is C=C(C)C(=O)O[Si](c1ccccc1)(C(C)(C)C)C(C)(C)C. The van der Waals surface area contributed by atoms with Crippen molar-refractivity contribution < 1.29 is 9.22 Å². The average Bonchev–Trinajstić information content (AvgIpc) is 2.33. The lowest BCUT2D eigenvalue weighted by atomic mass is 10.2. The topological polar surface area (TPSA) is 26.3 Å². The maximum atomic E-state index is 12.3. The first-order valence-electron chi connectivity index (χ1n) is 7.38. The van der Waals surface area contributed by atoms with Crippen LogP contribution in [0, 0.1) is 0 Å². The van der Waals surface area contributed by atoms with Crippen LogP contribution in [-0.2, 0) is 9.22 Å². The fourth-order valence-electron chi connectivity index (χ4n) is 3.26. The second kappa shape index (κ2) is 5.80. The van der Waals surface area contributed by atoms with Crippen LogP contribution >= 0.6 is 0 Å². The number of carbonyl (C=O) groups excluding carboxylic acids is 1. The molecule has 116 valence electrons. The van der Waals surface area contributed by atoms with Gasteiger partial charge in [-0.25, -0.2) is 4.79 Å². The molecule has 0 aliphatic rings. The van der Waals surface area contributed by atoms with Gasteiger partial charge in [-0.1, -0.05) is 78.5 Å². The van der Waals surface area contributed by atoms with E-state index < -0.39 is 8.32 Å². The van der Waals surface area contributed by atoms with Gasteiger partial charge in [-0.15, -0.1) is 0 Å². The highest BCUT2D eigenvalue weighted by Crippen LogP contribution is 2.51. The smallest absolute Gasteiger partial charge is 0.320 e. The van der Waals surface area contributed by atoms with Gasteiger partial charge in [-0.3, -0.25) is 0 Å². The average molecular weight is 305 g/mol. The van der Waals surface area contributed by atoms with Crippen LogP contribution in [0.25, 0.3) is 0 Å². The summed E-state index contributed by atoms with van der Waals surface area (Å²) in [7, 11) is -2.61. The van der Waals surface area contributed by atoms with Crippen molar-refractivity contribution in [3.63, 3.8) is 0 Å². The Balaban J connectivity index is 3.60. The van der Waals surface area contributed by atoms with Crippen molar-refractivity contribution in [1.82, 2.24) is 0 Å². The molecule has 21 heavy (non-hydrogen) atoms. The number of carbonyl (C=O) groups is 1. The van der Waals surface area contributed by atoms with Crippen molar-refractivity contribution in [2.24, 2.45) is 0 Å².